The second-order valence-electron chi connectivity index (χ2n) is 4.99. The molecular formula is C12H21N3O8. The molecule has 0 saturated heterocycles. The summed E-state index contributed by atoms with van der Waals surface area (Å²) in [5.41, 5.74) is 5.36. The first-order valence-electron chi connectivity index (χ1n) is 6.64. The molecule has 0 radical (unpaired) electrons. The van der Waals surface area contributed by atoms with E-state index in [0.717, 1.165) is 6.92 Å². The van der Waals surface area contributed by atoms with Crippen molar-refractivity contribution in [3.63, 3.8) is 0 Å². The first-order valence-corrected chi connectivity index (χ1v) is 6.64. The predicted octanol–water partition coefficient (Wildman–Crippen LogP) is -3.40. The number of hydrogen-bond donors (Lipinski definition) is 7. The Morgan fingerprint density at radius 3 is 1.83 bits per heavy atom. The standard InChI is InChI=1S/C12H21N3O8/c1-4(16)8(13)11(21)14-6(3-7(18)19)10(20)15-9(5(2)17)12(22)23/h4-6,8-9,16-17H,3,13H2,1-2H3,(H,14,21)(H,15,20)(H,18,19)(H,22,23)/t4-,5-,6+,8+,9+/m1/s1. The molecule has 0 aliphatic heterocycles. The predicted molar refractivity (Wildman–Crippen MR) is 75.1 cm³/mol. The van der Waals surface area contributed by atoms with Crippen molar-refractivity contribution in [2.45, 2.75) is 50.6 Å². The summed E-state index contributed by atoms with van der Waals surface area (Å²) in [5.74, 6) is -5.06. The molecule has 11 heteroatoms. The summed E-state index contributed by atoms with van der Waals surface area (Å²) < 4.78 is 0. The highest BCUT2D eigenvalue weighted by Crippen LogP contribution is 2.00. The van der Waals surface area contributed by atoms with Crippen LogP contribution in [-0.4, -0.2) is 74.5 Å². The average Bonchev–Trinajstić information content (AvgIpc) is 2.41. The molecule has 5 atom stereocenters. The lowest BCUT2D eigenvalue weighted by Crippen LogP contribution is -2.58. The van der Waals surface area contributed by atoms with Gasteiger partial charge in [0.05, 0.1) is 18.6 Å². The Bertz CT molecular complexity index is 465. The van der Waals surface area contributed by atoms with Gasteiger partial charge in [0.15, 0.2) is 6.04 Å². The van der Waals surface area contributed by atoms with Crippen LogP contribution in [0.25, 0.3) is 0 Å². The zero-order valence-electron chi connectivity index (χ0n) is 12.6. The average molecular weight is 335 g/mol. The maximum Gasteiger partial charge on any atom is 0.328 e. The van der Waals surface area contributed by atoms with Gasteiger partial charge in [-0.1, -0.05) is 0 Å². The summed E-state index contributed by atoms with van der Waals surface area (Å²) in [6.07, 6.45) is -3.53. The van der Waals surface area contributed by atoms with E-state index in [-0.39, 0.29) is 0 Å². The maximum atomic E-state index is 12.0. The molecule has 0 saturated carbocycles. The van der Waals surface area contributed by atoms with E-state index >= 15 is 0 Å². The number of carboxylic acids is 2. The Morgan fingerprint density at radius 2 is 1.48 bits per heavy atom. The van der Waals surface area contributed by atoms with Gasteiger partial charge in [-0.3, -0.25) is 14.4 Å². The van der Waals surface area contributed by atoms with E-state index in [1.165, 1.54) is 6.92 Å². The van der Waals surface area contributed by atoms with Crippen LogP contribution in [0.2, 0.25) is 0 Å². The number of amides is 2. The van der Waals surface area contributed by atoms with Crippen molar-refractivity contribution in [3.05, 3.63) is 0 Å². The summed E-state index contributed by atoms with van der Waals surface area (Å²) >= 11 is 0. The number of carbonyl (C=O) groups excluding carboxylic acids is 2. The van der Waals surface area contributed by atoms with Gasteiger partial charge >= 0.3 is 11.9 Å². The van der Waals surface area contributed by atoms with E-state index in [1.54, 1.807) is 0 Å². The number of hydrogen-bond acceptors (Lipinski definition) is 7. The molecule has 0 fully saturated rings. The lowest BCUT2D eigenvalue weighted by Gasteiger charge is -2.23. The van der Waals surface area contributed by atoms with Crippen LogP contribution in [0.3, 0.4) is 0 Å². The lowest BCUT2D eigenvalue weighted by molar-refractivity contribution is -0.145. The molecule has 0 aliphatic carbocycles. The number of carboxylic acid groups (broad SMARTS) is 2. The van der Waals surface area contributed by atoms with Gasteiger partial charge in [0.1, 0.15) is 12.1 Å². The summed E-state index contributed by atoms with van der Waals surface area (Å²) in [7, 11) is 0. The van der Waals surface area contributed by atoms with E-state index in [4.69, 9.17) is 15.9 Å². The van der Waals surface area contributed by atoms with E-state index in [2.05, 4.69) is 0 Å². The molecule has 0 aliphatic rings. The van der Waals surface area contributed by atoms with Crippen LogP contribution in [0.4, 0.5) is 0 Å². The summed E-state index contributed by atoms with van der Waals surface area (Å²) in [5, 5.41) is 40.1. The highest BCUT2D eigenvalue weighted by Gasteiger charge is 2.32. The van der Waals surface area contributed by atoms with Gasteiger partial charge in [0.25, 0.3) is 0 Å². The topological polar surface area (TPSA) is 199 Å². The molecule has 0 aromatic carbocycles. The second-order valence-corrected chi connectivity index (χ2v) is 4.99. The molecule has 0 bridgehead atoms. The van der Waals surface area contributed by atoms with Crippen molar-refractivity contribution in [1.82, 2.24) is 10.6 Å². The van der Waals surface area contributed by atoms with Crippen LogP contribution in [0.1, 0.15) is 20.3 Å². The van der Waals surface area contributed by atoms with Crippen molar-refractivity contribution in [1.29, 1.82) is 0 Å². The number of nitrogens with one attached hydrogen (secondary N) is 2. The number of aliphatic hydroxyl groups excluding tert-OH is 2. The van der Waals surface area contributed by atoms with Crippen molar-refractivity contribution in [2.24, 2.45) is 5.73 Å². The first kappa shape index (κ1) is 20.8. The van der Waals surface area contributed by atoms with Crippen molar-refractivity contribution < 1.29 is 39.6 Å². The first-order chi connectivity index (χ1) is 10.5. The van der Waals surface area contributed by atoms with Crippen molar-refractivity contribution in [3.8, 4) is 0 Å². The van der Waals surface area contributed by atoms with Crippen LogP contribution in [0.5, 0.6) is 0 Å². The smallest absolute Gasteiger partial charge is 0.328 e. The number of carbonyl (C=O) groups is 4. The molecule has 0 unspecified atom stereocenters. The number of aliphatic carboxylic acids is 2. The Labute approximate surface area is 131 Å². The summed E-state index contributed by atoms with van der Waals surface area (Å²) in [6, 6.07) is -4.70. The van der Waals surface area contributed by atoms with Crippen molar-refractivity contribution in [2.75, 3.05) is 0 Å². The SMILES string of the molecule is C[C@@H](O)[C@H](N)C(=O)N[C@@H](CC(=O)O)C(=O)N[C@H](C(=O)O)[C@@H](C)O. The monoisotopic (exact) mass is 335 g/mol. The molecule has 11 nitrogen and oxygen atoms in total. The third-order valence-electron chi connectivity index (χ3n) is 2.88. The minimum atomic E-state index is -1.68. The van der Waals surface area contributed by atoms with Gasteiger partial charge in [-0.25, -0.2) is 4.79 Å². The van der Waals surface area contributed by atoms with Crippen LogP contribution in [-0.2, 0) is 19.2 Å². The maximum absolute atomic E-state index is 12.0. The van der Waals surface area contributed by atoms with Gasteiger partial charge in [-0.2, -0.15) is 0 Å². The third kappa shape index (κ3) is 7.04. The largest absolute Gasteiger partial charge is 0.481 e. The number of nitrogens with two attached hydrogens (primary N) is 1. The van der Waals surface area contributed by atoms with E-state index in [9.17, 15) is 29.4 Å². The third-order valence-corrected chi connectivity index (χ3v) is 2.88. The Kier molecular flexibility index (Phi) is 8.15. The van der Waals surface area contributed by atoms with Gasteiger partial charge in [0.2, 0.25) is 11.8 Å². The van der Waals surface area contributed by atoms with E-state index in [0.29, 0.717) is 0 Å². The summed E-state index contributed by atoms with van der Waals surface area (Å²) in [6.45, 7) is 2.34. The molecule has 132 valence electrons. The minimum absolute atomic E-state index is 0.837. The normalized spacial score (nSPS) is 17.3. The number of rotatable bonds is 9. The molecule has 0 heterocycles. The fraction of sp³-hybridized carbons (Fsp3) is 0.667. The Morgan fingerprint density at radius 1 is 0.957 bits per heavy atom. The summed E-state index contributed by atoms with van der Waals surface area (Å²) in [4.78, 5) is 45.3. The molecule has 8 N–H and O–H groups in total. The highest BCUT2D eigenvalue weighted by molar-refractivity contribution is 5.94. The lowest BCUT2D eigenvalue weighted by atomic mass is 10.1. The van der Waals surface area contributed by atoms with Crippen LogP contribution in [0.15, 0.2) is 0 Å². The molecule has 23 heavy (non-hydrogen) atoms. The Hall–Kier alpha value is -2.24. The van der Waals surface area contributed by atoms with Gasteiger partial charge in [0, 0.05) is 0 Å². The fourth-order valence-corrected chi connectivity index (χ4v) is 1.51. The zero-order valence-corrected chi connectivity index (χ0v) is 12.6. The van der Waals surface area contributed by atoms with Gasteiger partial charge < -0.3 is 36.8 Å². The van der Waals surface area contributed by atoms with E-state index in [1.807, 2.05) is 10.6 Å². The minimum Gasteiger partial charge on any atom is -0.481 e. The quantitative estimate of drug-likeness (QED) is 0.224. The van der Waals surface area contributed by atoms with Crippen molar-refractivity contribution >= 4 is 23.8 Å². The van der Waals surface area contributed by atoms with Gasteiger partial charge in [-0.15, -0.1) is 0 Å². The fourth-order valence-electron chi connectivity index (χ4n) is 1.51. The van der Waals surface area contributed by atoms with Gasteiger partial charge in [-0.05, 0) is 13.8 Å². The molecule has 0 rings (SSSR count). The van der Waals surface area contributed by atoms with Crippen LogP contribution < -0.4 is 16.4 Å². The molecule has 0 aromatic rings. The second kappa shape index (κ2) is 9.02. The highest BCUT2D eigenvalue weighted by atomic mass is 16.4. The van der Waals surface area contributed by atoms with E-state index < -0.39 is 60.5 Å². The zero-order chi connectivity index (χ0) is 18.3. The number of aliphatic hydroxyl groups is 2. The molecule has 0 aromatic heterocycles. The molecule has 0 spiro atoms. The van der Waals surface area contributed by atoms with Crippen LogP contribution >= 0.6 is 0 Å². The molecule has 2 amide bonds. The van der Waals surface area contributed by atoms with Crippen LogP contribution in [0, 0.1) is 0 Å². The molecular weight excluding hydrogens is 314 g/mol. The Balaban J connectivity index is 5.09.